The van der Waals surface area contributed by atoms with Crippen LogP contribution in [0.2, 0.25) is 0 Å². The summed E-state index contributed by atoms with van der Waals surface area (Å²) in [4.78, 5) is 0. The van der Waals surface area contributed by atoms with Crippen molar-refractivity contribution in [2.24, 2.45) is 0 Å². The van der Waals surface area contributed by atoms with Crippen LogP contribution in [0.4, 0.5) is 0 Å². The first-order chi connectivity index (χ1) is 42.9. The lowest BCUT2D eigenvalue weighted by atomic mass is 9.95. The lowest BCUT2D eigenvalue weighted by Crippen LogP contribution is -1.95. The van der Waals surface area contributed by atoms with Gasteiger partial charge in [-0.1, -0.05) is 175 Å². The van der Waals surface area contributed by atoms with E-state index >= 15 is 0 Å². The highest BCUT2D eigenvalue weighted by atomic mass is 16.3. The summed E-state index contributed by atoms with van der Waals surface area (Å²) >= 11 is 0. The van der Waals surface area contributed by atoms with E-state index in [4.69, 9.17) is 26.3 Å². The Labute approximate surface area is 403 Å². The number of benzene rings is 10. The monoisotopic (exact) mass is 830 g/mol. The third kappa shape index (κ3) is 5.53. The molecule has 0 radical (unpaired) electrons. The Morgan fingerprint density at radius 2 is 1.00 bits per heavy atom. The highest BCUT2D eigenvalue weighted by Gasteiger charge is 2.21. The van der Waals surface area contributed by atoms with Gasteiger partial charge in [0.2, 0.25) is 0 Å². The van der Waals surface area contributed by atoms with Gasteiger partial charge in [0.15, 0.2) is 5.58 Å². The van der Waals surface area contributed by atoms with Gasteiger partial charge in [-0.3, -0.25) is 0 Å². The van der Waals surface area contributed by atoms with Crippen molar-refractivity contribution in [3.63, 3.8) is 0 Å². The molecule has 3 aromatic heterocycles. The number of nitrogens with zero attached hydrogens (tertiary/aromatic N) is 2. The third-order valence-corrected chi connectivity index (χ3v) is 10.9. The van der Waals surface area contributed by atoms with Crippen molar-refractivity contribution >= 4 is 65.6 Å². The minimum absolute atomic E-state index is 0.0744. The van der Waals surface area contributed by atoms with Crippen LogP contribution in [-0.4, -0.2) is 9.13 Å². The fourth-order valence-corrected chi connectivity index (χ4v) is 8.16. The van der Waals surface area contributed by atoms with E-state index in [2.05, 4.69) is 0 Å². The second-order valence-corrected chi connectivity index (χ2v) is 14.3. The zero-order valence-corrected chi connectivity index (χ0v) is 32.1. The predicted octanol–water partition coefficient (Wildman–Crippen LogP) is 16.4. The SMILES string of the molecule is [2H]c1cc2oc3c(-n4c5ccc(-c6c([2H])c([2H])c([2H])c7c8c([2H])c([2H])c([2H])c([2H])c8n(-c8ccccc8)c67)c([2H])c5c5c([2H])c([2H])c([2H])c([2H])c54)c([2H])c([2H])c([2H])c3c2c(-c2ccc(-c3c([2H])c([2H])c([2H])c(-c4c([2H])c([2H])c([2H])c([2H])c4[2H])c3[2H])c([2H])c2[2H])c1[2H]. The molecule has 0 aliphatic heterocycles. The molecule has 0 spiro atoms. The lowest BCUT2D eigenvalue weighted by molar-refractivity contribution is 0.666. The van der Waals surface area contributed by atoms with E-state index in [9.17, 15) is 16.4 Å². The highest BCUT2D eigenvalue weighted by Crippen LogP contribution is 2.44. The molecule has 0 saturated carbocycles. The molecule has 10 aromatic carbocycles. The summed E-state index contributed by atoms with van der Waals surface area (Å²) in [5.74, 6) is 0. The van der Waals surface area contributed by atoms with E-state index in [1.54, 1.807) is 30.3 Å². The number of furan rings is 1. The molecule has 63 heavy (non-hydrogen) atoms. The van der Waals surface area contributed by atoms with Gasteiger partial charge in [0, 0.05) is 43.6 Å². The van der Waals surface area contributed by atoms with E-state index in [0.29, 0.717) is 5.69 Å². The first kappa shape index (κ1) is 17.5. The summed E-state index contributed by atoms with van der Waals surface area (Å²) in [5, 5.41) is -1.46. The van der Waals surface area contributed by atoms with E-state index in [1.807, 2.05) is 0 Å². The summed E-state index contributed by atoms with van der Waals surface area (Å²) in [5.41, 5.74) is -4.79. The summed E-state index contributed by atoms with van der Waals surface area (Å²) in [6.07, 6.45) is 0. The predicted molar refractivity (Wildman–Crippen MR) is 264 cm³/mol. The number of fused-ring (bicyclic) bond motifs is 9. The van der Waals surface area contributed by atoms with Crippen LogP contribution in [0, 0.1) is 0 Å². The van der Waals surface area contributed by atoms with Crippen LogP contribution in [0.1, 0.15) is 38.4 Å². The molecule has 0 bridgehead atoms. The third-order valence-electron chi connectivity index (χ3n) is 10.9. The van der Waals surface area contributed by atoms with Crippen LogP contribution in [0.3, 0.4) is 0 Å². The Balaban J connectivity index is 1.11. The summed E-state index contributed by atoms with van der Waals surface area (Å²) < 4.78 is 263. The number of rotatable bonds is 6. The minimum atomic E-state index is -0.850. The molecule has 0 fully saturated rings. The quantitative estimate of drug-likeness (QED) is 0.164. The van der Waals surface area contributed by atoms with Gasteiger partial charge in [0.1, 0.15) is 5.58 Å². The van der Waals surface area contributed by atoms with Gasteiger partial charge in [-0.05, 0) is 93.4 Å². The van der Waals surface area contributed by atoms with Gasteiger partial charge in [-0.25, -0.2) is 0 Å². The molecule has 0 saturated heterocycles. The molecule has 3 nitrogen and oxygen atoms in total. The molecular weight excluding hydrogens is 765 g/mol. The van der Waals surface area contributed by atoms with E-state index in [0.717, 1.165) is 16.7 Å². The molecular formula is C60H38N2O. The number of hydrogen-bond acceptors (Lipinski definition) is 1. The highest BCUT2D eigenvalue weighted by molar-refractivity contribution is 6.18. The van der Waals surface area contributed by atoms with Crippen molar-refractivity contribution < 1.29 is 42.8 Å². The maximum Gasteiger partial charge on any atom is 0.159 e. The Bertz CT molecular complexity index is 5550. The van der Waals surface area contributed by atoms with Gasteiger partial charge in [-0.2, -0.15) is 0 Å². The molecule has 3 heterocycles. The summed E-state index contributed by atoms with van der Waals surface area (Å²) in [6, 6.07) is -5.70. The Hall–Kier alpha value is -8.40. The first-order valence-corrected chi connectivity index (χ1v) is 19.3. The number of hydrogen-bond donors (Lipinski definition) is 0. The van der Waals surface area contributed by atoms with Crippen LogP contribution in [0.25, 0.3) is 121 Å². The molecule has 0 atom stereocenters. The molecule has 0 N–H and O–H groups in total. The van der Waals surface area contributed by atoms with Crippen molar-refractivity contribution in [1.82, 2.24) is 9.13 Å². The van der Waals surface area contributed by atoms with Crippen molar-refractivity contribution in [2.75, 3.05) is 0 Å². The van der Waals surface area contributed by atoms with Crippen molar-refractivity contribution in [3.05, 3.63) is 230 Å². The second-order valence-electron chi connectivity index (χ2n) is 14.3. The Kier molecular flexibility index (Phi) is 3.92. The topological polar surface area (TPSA) is 23.0 Å². The smallest absolute Gasteiger partial charge is 0.159 e. The van der Waals surface area contributed by atoms with Gasteiger partial charge >= 0.3 is 0 Å². The van der Waals surface area contributed by atoms with Gasteiger partial charge in [0.05, 0.1) is 66.1 Å². The van der Waals surface area contributed by atoms with Gasteiger partial charge < -0.3 is 13.6 Å². The van der Waals surface area contributed by atoms with Crippen LogP contribution in [0.15, 0.2) is 234 Å². The first-order valence-electron chi connectivity index (χ1n) is 33.3. The van der Waals surface area contributed by atoms with E-state index in [-0.39, 0.29) is 82.3 Å². The average Bonchev–Trinajstić information content (AvgIpc) is 1.56. The largest absolute Gasteiger partial charge is 0.454 e. The van der Waals surface area contributed by atoms with Crippen LogP contribution in [-0.2, 0) is 0 Å². The summed E-state index contributed by atoms with van der Waals surface area (Å²) in [6.45, 7) is 0. The maximum absolute atomic E-state index is 10.2. The standard InChI is InChI=1S/C60H38N2O/c1-3-15-39(16-4-1)42-17-11-18-43(37-42)40-31-33-41(34-32-40)46-23-14-30-57-58(46)51-26-13-29-56(60(51)63-57)62-54-28-10-8-22-49(54)52-38-44(35-36-55(52)62)47-24-12-25-50-48-21-7-9-27-53(48)61(59(47)50)45-19-5-2-6-20-45/h1-38H/i1D,3D,4D,7D,8D,9D,10D,11D,12D,13D,14D,15D,16D,17D,18D,21D,22D,23D,24D,25D,26D,27D,28D,29D,31D,33D,37D,38D. The van der Waals surface area contributed by atoms with Crippen molar-refractivity contribution in [3.8, 4) is 55.9 Å². The van der Waals surface area contributed by atoms with Crippen molar-refractivity contribution in [2.45, 2.75) is 0 Å². The van der Waals surface area contributed by atoms with Crippen LogP contribution in [0.5, 0.6) is 0 Å². The molecule has 0 amide bonds. The van der Waals surface area contributed by atoms with E-state index in [1.165, 1.54) is 22.8 Å². The summed E-state index contributed by atoms with van der Waals surface area (Å²) in [7, 11) is 0. The average molecular weight is 831 g/mol. The fraction of sp³-hybridized carbons (Fsp3) is 0. The Morgan fingerprint density at radius 3 is 1.86 bits per heavy atom. The van der Waals surface area contributed by atoms with Crippen LogP contribution < -0.4 is 0 Å². The molecule has 0 aliphatic rings. The zero-order valence-electron chi connectivity index (χ0n) is 60.1. The fourth-order valence-electron chi connectivity index (χ4n) is 8.16. The second kappa shape index (κ2) is 14.1. The number of aromatic nitrogens is 2. The molecule has 13 aromatic rings. The zero-order chi connectivity index (χ0) is 65.8. The van der Waals surface area contributed by atoms with Crippen LogP contribution >= 0.6 is 0 Å². The normalized spacial score (nSPS) is 18.0. The van der Waals surface area contributed by atoms with Gasteiger partial charge in [0.25, 0.3) is 0 Å². The molecule has 0 unspecified atom stereocenters. The van der Waals surface area contributed by atoms with Gasteiger partial charge in [-0.15, -0.1) is 0 Å². The number of para-hydroxylation sites is 5. The molecule has 294 valence electrons. The Morgan fingerprint density at radius 1 is 0.365 bits per heavy atom. The van der Waals surface area contributed by atoms with Crippen molar-refractivity contribution in [1.29, 1.82) is 0 Å². The minimum Gasteiger partial charge on any atom is -0.454 e. The lowest BCUT2D eigenvalue weighted by Gasteiger charge is -2.12. The molecule has 13 rings (SSSR count). The van der Waals surface area contributed by atoms with E-state index < -0.39 is 203 Å². The maximum atomic E-state index is 10.2. The molecule has 0 aliphatic carbocycles. The molecule has 3 heteroatoms.